The number of nitrogens with one attached hydrogen (secondary N) is 2. The highest BCUT2D eigenvalue weighted by Crippen LogP contribution is 2.18. The van der Waals surface area contributed by atoms with E-state index < -0.39 is 0 Å². The number of methoxy groups -OCH3 is 1. The molecule has 1 amide bonds. The van der Waals surface area contributed by atoms with Crippen LogP contribution < -0.4 is 20.1 Å². The SMILES string of the molecule is COc1ccc(OCCNC(=O)c2ccc(Nc3ccccc3F)nc2)cc1. The second kappa shape index (κ2) is 9.36. The second-order valence-corrected chi connectivity index (χ2v) is 5.82. The number of aromatic nitrogens is 1. The van der Waals surface area contributed by atoms with Gasteiger partial charge in [-0.3, -0.25) is 4.79 Å². The Balaban J connectivity index is 1.45. The van der Waals surface area contributed by atoms with Gasteiger partial charge in [-0.15, -0.1) is 0 Å². The second-order valence-electron chi connectivity index (χ2n) is 5.82. The summed E-state index contributed by atoms with van der Waals surface area (Å²) in [5, 5.41) is 5.63. The number of nitrogens with zero attached hydrogens (tertiary/aromatic N) is 1. The standard InChI is InChI=1S/C21H20FN3O3/c1-27-16-7-9-17(10-8-16)28-13-12-23-21(26)15-6-11-20(24-14-15)25-19-5-3-2-4-18(19)22/h2-11,14H,12-13H2,1H3,(H,23,26)(H,24,25). The summed E-state index contributed by atoms with van der Waals surface area (Å²) in [4.78, 5) is 16.3. The van der Waals surface area contributed by atoms with E-state index >= 15 is 0 Å². The number of halogens is 1. The average molecular weight is 381 g/mol. The predicted molar refractivity (Wildman–Crippen MR) is 105 cm³/mol. The van der Waals surface area contributed by atoms with E-state index in [1.807, 2.05) is 0 Å². The fourth-order valence-corrected chi connectivity index (χ4v) is 2.41. The molecule has 0 aliphatic heterocycles. The topological polar surface area (TPSA) is 72.5 Å². The maximum absolute atomic E-state index is 13.6. The van der Waals surface area contributed by atoms with Gasteiger partial charge in [0.15, 0.2) is 0 Å². The molecule has 7 heteroatoms. The lowest BCUT2D eigenvalue weighted by atomic mass is 10.2. The molecule has 0 aliphatic carbocycles. The van der Waals surface area contributed by atoms with Gasteiger partial charge >= 0.3 is 0 Å². The van der Waals surface area contributed by atoms with Crippen molar-refractivity contribution in [3.05, 3.63) is 78.2 Å². The van der Waals surface area contributed by atoms with Crippen LogP contribution in [0.5, 0.6) is 11.5 Å². The third kappa shape index (κ3) is 5.20. The molecule has 144 valence electrons. The Morgan fingerprint density at radius 2 is 1.79 bits per heavy atom. The summed E-state index contributed by atoms with van der Waals surface area (Å²) in [6, 6.07) is 16.7. The maximum atomic E-state index is 13.6. The molecule has 0 saturated heterocycles. The van der Waals surface area contributed by atoms with Crippen molar-refractivity contribution in [2.45, 2.75) is 0 Å². The van der Waals surface area contributed by atoms with E-state index in [9.17, 15) is 9.18 Å². The number of hydrogen-bond acceptors (Lipinski definition) is 5. The number of para-hydroxylation sites is 1. The van der Waals surface area contributed by atoms with E-state index in [2.05, 4.69) is 15.6 Å². The molecule has 0 spiro atoms. The minimum atomic E-state index is -0.372. The third-order valence-corrected chi connectivity index (χ3v) is 3.88. The third-order valence-electron chi connectivity index (χ3n) is 3.88. The first-order valence-electron chi connectivity index (χ1n) is 8.68. The fraction of sp³-hybridized carbons (Fsp3) is 0.143. The van der Waals surface area contributed by atoms with Crippen LogP contribution in [-0.2, 0) is 0 Å². The Labute approximate surface area is 162 Å². The van der Waals surface area contributed by atoms with Crippen LogP contribution in [0.2, 0.25) is 0 Å². The van der Waals surface area contributed by atoms with Crippen molar-refractivity contribution < 1.29 is 18.7 Å². The molecule has 0 radical (unpaired) electrons. The summed E-state index contributed by atoms with van der Waals surface area (Å²) in [6.45, 7) is 0.679. The number of carbonyl (C=O) groups excluding carboxylic acids is 1. The van der Waals surface area contributed by atoms with Gasteiger partial charge in [0, 0.05) is 6.20 Å². The van der Waals surface area contributed by atoms with Gasteiger partial charge in [0.2, 0.25) is 0 Å². The van der Waals surface area contributed by atoms with Crippen molar-refractivity contribution in [1.29, 1.82) is 0 Å². The number of pyridine rings is 1. The van der Waals surface area contributed by atoms with Crippen molar-refractivity contribution in [1.82, 2.24) is 10.3 Å². The van der Waals surface area contributed by atoms with Crippen molar-refractivity contribution in [2.75, 3.05) is 25.6 Å². The number of benzene rings is 2. The van der Waals surface area contributed by atoms with Crippen molar-refractivity contribution in [3.8, 4) is 11.5 Å². The fourth-order valence-electron chi connectivity index (χ4n) is 2.41. The Bertz CT molecular complexity index is 915. The van der Waals surface area contributed by atoms with E-state index in [0.717, 1.165) is 5.75 Å². The van der Waals surface area contributed by atoms with Crippen LogP contribution in [0.3, 0.4) is 0 Å². The molecule has 0 unspecified atom stereocenters. The highest BCUT2D eigenvalue weighted by atomic mass is 19.1. The van der Waals surface area contributed by atoms with Gasteiger partial charge in [-0.2, -0.15) is 0 Å². The van der Waals surface area contributed by atoms with Crippen LogP contribution in [0, 0.1) is 5.82 Å². The van der Waals surface area contributed by atoms with Gasteiger partial charge in [-0.25, -0.2) is 9.37 Å². The van der Waals surface area contributed by atoms with Crippen molar-refractivity contribution in [3.63, 3.8) is 0 Å². The Hall–Kier alpha value is -3.61. The van der Waals surface area contributed by atoms with Crippen LogP contribution in [0.25, 0.3) is 0 Å². The average Bonchev–Trinajstić information content (AvgIpc) is 2.73. The summed E-state index contributed by atoms with van der Waals surface area (Å²) in [5.74, 6) is 1.26. The Kier molecular flexibility index (Phi) is 6.41. The summed E-state index contributed by atoms with van der Waals surface area (Å²) in [6.07, 6.45) is 1.43. The maximum Gasteiger partial charge on any atom is 0.252 e. The van der Waals surface area contributed by atoms with Crippen molar-refractivity contribution >= 4 is 17.4 Å². The van der Waals surface area contributed by atoms with E-state index in [-0.39, 0.29) is 11.7 Å². The number of rotatable bonds is 8. The van der Waals surface area contributed by atoms with Gasteiger partial charge < -0.3 is 20.1 Å². The summed E-state index contributed by atoms with van der Waals surface area (Å²) in [7, 11) is 1.60. The first-order chi connectivity index (χ1) is 13.7. The first-order valence-corrected chi connectivity index (χ1v) is 8.68. The minimum absolute atomic E-state index is 0.261. The molecule has 3 rings (SSSR count). The molecule has 2 N–H and O–H groups in total. The van der Waals surface area contributed by atoms with Crippen LogP contribution in [0.1, 0.15) is 10.4 Å². The van der Waals surface area contributed by atoms with Gasteiger partial charge in [0.05, 0.1) is 24.9 Å². The van der Waals surface area contributed by atoms with E-state index in [4.69, 9.17) is 9.47 Å². The molecule has 1 heterocycles. The first kappa shape index (κ1) is 19.2. The molecule has 1 aromatic heterocycles. The zero-order valence-electron chi connectivity index (χ0n) is 15.3. The summed E-state index contributed by atoms with van der Waals surface area (Å²) in [5.41, 5.74) is 0.728. The molecular formula is C21H20FN3O3. The van der Waals surface area contributed by atoms with Gasteiger partial charge in [-0.05, 0) is 48.5 Å². The number of amides is 1. The molecule has 0 bridgehead atoms. The smallest absolute Gasteiger partial charge is 0.252 e. The van der Waals surface area contributed by atoms with E-state index in [1.54, 1.807) is 61.7 Å². The highest BCUT2D eigenvalue weighted by molar-refractivity contribution is 5.94. The van der Waals surface area contributed by atoms with Crippen LogP contribution in [0.15, 0.2) is 66.9 Å². The predicted octanol–water partition coefficient (Wildman–Crippen LogP) is 3.78. The molecule has 2 aromatic carbocycles. The molecular weight excluding hydrogens is 361 g/mol. The number of anilines is 2. The van der Waals surface area contributed by atoms with Crippen LogP contribution in [0.4, 0.5) is 15.9 Å². The molecule has 0 aliphatic rings. The largest absolute Gasteiger partial charge is 0.497 e. The van der Waals surface area contributed by atoms with Gasteiger partial charge in [0.25, 0.3) is 5.91 Å². The lowest BCUT2D eigenvalue weighted by molar-refractivity contribution is 0.0946. The number of ether oxygens (including phenoxy) is 2. The van der Waals surface area contributed by atoms with Gasteiger partial charge in [0.1, 0.15) is 29.7 Å². The lowest BCUT2D eigenvalue weighted by Gasteiger charge is -2.09. The normalized spacial score (nSPS) is 10.2. The minimum Gasteiger partial charge on any atom is -0.497 e. The van der Waals surface area contributed by atoms with E-state index in [1.165, 1.54) is 12.3 Å². The molecule has 0 saturated carbocycles. The zero-order chi connectivity index (χ0) is 19.8. The molecule has 28 heavy (non-hydrogen) atoms. The molecule has 0 fully saturated rings. The number of hydrogen-bond donors (Lipinski definition) is 2. The van der Waals surface area contributed by atoms with Crippen LogP contribution >= 0.6 is 0 Å². The van der Waals surface area contributed by atoms with Crippen molar-refractivity contribution in [2.24, 2.45) is 0 Å². The Morgan fingerprint density at radius 1 is 1.04 bits per heavy atom. The molecule has 3 aromatic rings. The molecule has 0 atom stereocenters. The summed E-state index contributed by atoms with van der Waals surface area (Å²) < 4.78 is 24.3. The van der Waals surface area contributed by atoms with E-state index in [0.29, 0.717) is 36.0 Å². The quantitative estimate of drug-likeness (QED) is 0.581. The molecule has 6 nitrogen and oxygen atoms in total. The lowest BCUT2D eigenvalue weighted by Crippen LogP contribution is -2.28. The summed E-state index contributed by atoms with van der Waals surface area (Å²) >= 11 is 0. The highest BCUT2D eigenvalue weighted by Gasteiger charge is 2.07. The van der Waals surface area contributed by atoms with Crippen LogP contribution in [-0.4, -0.2) is 31.2 Å². The van der Waals surface area contributed by atoms with Gasteiger partial charge in [-0.1, -0.05) is 12.1 Å². The Morgan fingerprint density at radius 3 is 2.46 bits per heavy atom. The zero-order valence-corrected chi connectivity index (χ0v) is 15.3. The monoisotopic (exact) mass is 381 g/mol. The number of carbonyl (C=O) groups is 1.